The number of para-hydroxylation sites is 1. The van der Waals surface area contributed by atoms with Gasteiger partial charge in [-0.1, -0.05) is 78.9 Å². The Kier molecular flexibility index (Phi) is 8.18. The summed E-state index contributed by atoms with van der Waals surface area (Å²) in [7, 11) is 0. The van der Waals surface area contributed by atoms with Crippen molar-refractivity contribution in [2.45, 2.75) is 6.92 Å². The molecule has 41 heavy (non-hydrogen) atoms. The van der Waals surface area contributed by atoms with Gasteiger partial charge < -0.3 is 14.6 Å². The van der Waals surface area contributed by atoms with Crippen molar-refractivity contribution in [1.29, 1.82) is 5.26 Å². The maximum atomic E-state index is 13.1. The number of aromatic nitrogens is 1. The van der Waals surface area contributed by atoms with Crippen LogP contribution in [0.5, 0.6) is 0 Å². The minimum Gasteiger partial charge on any atom is -0.462 e. The van der Waals surface area contributed by atoms with Crippen LogP contribution in [0, 0.1) is 11.3 Å². The first-order valence-corrected chi connectivity index (χ1v) is 13.2. The lowest BCUT2D eigenvalue weighted by molar-refractivity contribution is -0.112. The van der Waals surface area contributed by atoms with Crippen molar-refractivity contribution in [3.8, 4) is 34.3 Å². The molecule has 0 aliphatic rings. The Morgan fingerprint density at radius 3 is 2.00 bits per heavy atom. The van der Waals surface area contributed by atoms with Crippen molar-refractivity contribution in [1.82, 2.24) is 4.57 Å². The van der Waals surface area contributed by atoms with E-state index in [0.717, 1.165) is 28.2 Å². The van der Waals surface area contributed by atoms with Gasteiger partial charge in [-0.05, 0) is 66.6 Å². The largest absolute Gasteiger partial charge is 0.462 e. The van der Waals surface area contributed by atoms with Crippen LogP contribution in [0.1, 0.15) is 22.8 Å². The van der Waals surface area contributed by atoms with E-state index in [9.17, 15) is 14.9 Å². The molecule has 6 nitrogen and oxygen atoms in total. The van der Waals surface area contributed by atoms with Crippen LogP contribution in [0.15, 0.2) is 127 Å². The Morgan fingerprint density at radius 1 is 0.829 bits per heavy atom. The number of amides is 1. The first-order chi connectivity index (χ1) is 20.1. The van der Waals surface area contributed by atoms with E-state index in [-0.39, 0.29) is 11.5 Å². The molecule has 0 unspecified atom stereocenters. The number of esters is 1. The lowest BCUT2D eigenvalue weighted by atomic mass is 10.0. The predicted molar refractivity (Wildman–Crippen MR) is 161 cm³/mol. The van der Waals surface area contributed by atoms with Gasteiger partial charge in [0, 0.05) is 16.9 Å². The third kappa shape index (κ3) is 6.00. The van der Waals surface area contributed by atoms with Gasteiger partial charge in [0.05, 0.1) is 23.6 Å². The van der Waals surface area contributed by atoms with Crippen LogP contribution in [-0.2, 0) is 9.53 Å². The lowest BCUT2D eigenvalue weighted by Crippen LogP contribution is -2.13. The first kappa shape index (κ1) is 26.9. The summed E-state index contributed by atoms with van der Waals surface area (Å²) in [5.41, 5.74) is 6.05. The van der Waals surface area contributed by atoms with Crippen LogP contribution in [0.4, 0.5) is 5.69 Å². The molecule has 0 aliphatic carbocycles. The maximum Gasteiger partial charge on any atom is 0.338 e. The van der Waals surface area contributed by atoms with E-state index < -0.39 is 5.91 Å². The molecule has 5 aromatic rings. The molecule has 4 aromatic carbocycles. The van der Waals surface area contributed by atoms with Crippen molar-refractivity contribution in [3.63, 3.8) is 0 Å². The maximum absolute atomic E-state index is 13.1. The number of nitrogens with zero attached hydrogens (tertiary/aromatic N) is 2. The minimum atomic E-state index is -0.495. The summed E-state index contributed by atoms with van der Waals surface area (Å²) >= 11 is 0. The molecule has 1 amide bonds. The van der Waals surface area contributed by atoms with E-state index in [1.807, 2.05) is 97.1 Å². The second-order valence-corrected chi connectivity index (χ2v) is 9.16. The van der Waals surface area contributed by atoms with Gasteiger partial charge in [-0.3, -0.25) is 4.79 Å². The number of anilines is 1. The summed E-state index contributed by atoms with van der Waals surface area (Å²) in [6, 6.07) is 40.0. The Labute approximate surface area is 238 Å². The van der Waals surface area contributed by atoms with Crippen molar-refractivity contribution >= 4 is 23.6 Å². The van der Waals surface area contributed by atoms with Gasteiger partial charge in [0.25, 0.3) is 5.91 Å². The van der Waals surface area contributed by atoms with Gasteiger partial charge in [0.1, 0.15) is 11.6 Å². The summed E-state index contributed by atoms with van der Waals surface area (Å²) < 4.78 is 7.24. The van der Waals surface area contributed by atoms with E-state index in [1.165, 1.54) is 0 Å². The minimum absolute atomic E-state index is 0.0274. The van der Waals surface area contributed by atoms with Crippen LogP contribution in [-0.4, -0.2) is 23.1 Å². The number of nitriles is 1. The molecule has 0 bridgehead atoms. The molecule has 1 heterocycles. The molecule has 5 rings (SSSR count). The molecule has 1 N–H and O–H groups in total. The molecule has 0 aliphatic heterocycles. The van der Waals surface area contributed by atoms with Gasteiger partial charge in [0.15, 0.2) is 0 Å². The molecule has 0 spiro atoms. The Morgan fingerprint density at radius 2 is 1.41 bits per heavy atom. The number of carbonyl (C=O) groups excluding carboxylic acids is 2. The first-order valence-electron chi connectivity index (χ1n) is 13.2. The number of carbonyl (C=O) groups is 2. The molecular formula is C35H27N3O3. The lowest BCUT2D eigenvalue weighted by Gasteiger charge is -2.15. The monoisotopic (exact) mass is 537 g/mol. The van der Waals surface area contributed by atoms with Gasteiger partial charge >= 0.3 is 5.97 Å². The smallest absolute Gasteiger partial charge is 0.338 e. The highest BCUT2D eigenvalue weighted by molar-refractivity contribution is 6.10. The second kappa shape index (κ2) is 12.5. The molecule has 0 radical (unpaired) electrons. The number of nitrogens with one attached hydrogen (secondary N) is 1. The van der Waals surface area contributed by atoms with E-state index >= 15 is 0 Å². The molecule has 6 heteroatoms. The van der Waals surface area contributed by atoms with Gasteiger partial charge in [-0.2, -0.15) is 5.26 Å². The Hall–Kier alpha value is -5.67. The number of benzene rings is 4. The van der Waals surface area contributed by atoms with E-state index in [0.29, 0.717) is 23.4 Å². The quantitative estimate of drug-likeness (QED) is 0.126. The standard InChI is InChI=1S/C35H27N3O3/c1-2-41-35(40)27-18-20-31(21-19-27)38-32(25-12-6-3-7-13-25)23-28(33(38)26-14-8-4-9-15-26)22-29(24-36)34(39)37-30-16-10-5-11-17-30/h3-23H,2H2,1H3,(H,37,39). The Bertz CT molecular complexity index is 1730. The highest BCUT2D eigenvalue weighted by Gasteiger charge is 2.21. The molecule has 0 saturated carbocycles. The second-order valence-electron chi connectivity index (χ2n) is 9.16. The van der Waals surface area contributed by atoms with E-state index in [4.69, 9.17) is 4.74 Å². The normalized spacial score (nSPS) is 11.0. The third-order valence-electron chi connectivity index (χ3n) is 6.48. The highest BCUT2D eigenvalue weighted by atomic mass is 16.5. The number of hydrogen-bond donors (Lipinski definition) is 1. The zero-order chi connectivity index (χ0) is 28.6. The fraction of sp³-hybridized carbons (Fsp3) is 0.0571. The van der Waals surface area contributed by atoms with E-state index in [2.05, 4.69) is 16.0 Å². The van der Waals surface area contributed by atoms with Crippen LogP contribution in [0.2, 0.25) is 0 Å². The van der Waals surface area contributed by atoms with E-state index in [1.54, 1.807) is 37.3 Å². The summed E-state index contributed by atoms with van der Waals surface area (Å²) in [6.07, 6.45) is 1.62. The number of rotatable bonds is 8. The topological polar surface area (TPSA) is 84.1 Å². The van der Waals surface area contributed by atoms with Crippen molar-refractivity contribution in [2.24, 2.45) is 0 Å². The zero-order valence-corrected chi connectivity index (χ0v) is 22.5. The Balaban J connectivity index is 1.71. The van der Waals surface area contributed by atoms with Gasteiger partial charge in [-0.15, -0.1) is 0 Å². The molecule has 0 saturated heterocycles. The summed E-state index contributed by atoms with van der Waals surface area (Å²) in [6.45, 7) is 2.07. The summed E-state index contributed by atoms with van der Waals surface area (Å²) in [4.78, 5) is 25.4. The number of hydrogen-bond acceptors (Lipinski definition) is 4. The molecule has 0 atom stereocenters. The van der Waals surface area contributed by atoms with Crippen LogP contribution >= 0.6 is 0 Å². The molecule has 1 aromatic heterocycles. The molecule has 0 fully saturated rings. The molecular weight excluding hydrogens is 510 g/mol. The highest BCUT2D eigenvalue weighted by Crippen LogP contribution is 2.37. The third-order valence-corrected chi connectivity index (χ3v) is 6.48. The summed E-state index contributed by atoms with van der Waals surface area (Å²) in [5, 5.41) is 12.8. The molecule has 200 valence electrons. The van der Waals surface area contributed by atoms with Crippen LogP contribution in [0.3, 0.4) is 0 Å². The average molecular weight is 538 g/mol. The van der Waals surface area contributed by atoms with Crippen LogP contribution in [0.25, 0.3) is 34.3 Å². The van der Waals surface area contributed by atoms with Crippen LogP contribution < -0.4 is 5.32 Å². The van der Waals surface area contributed by atoms with Crippen molar-refractivity contribution in [2.75, 3.05) is 11.9 Å². The van der Waals surface area contributed by atoms with Gasteiger partial charge in [-0.25, -0.2) is 4.79 Å². The summed E-state index contributed by atoms with van der Waals surface area (Å²) in [5.74, 6) is -0.879. The van der Waals surface area contributed by atoms with Crippen molar-refractivity contribution < 1.29 is 14.3 Å². The fourth-order valence-corrected chi connectivity index (χ4v) is 4.61. The average Bonchev–Trinajstić information content (AvgIpc) is 3.40. The predicted octanol–water partition coefficient (Wildman–Crippen LogP) is 7.53. The number of ether oxygens (including phenoxy) is 1. The fourth-order valence-electron chi connectivity index (χ4n) is 4.61. The van der Waals surface area contributed by atoms with Gasteiger partial charge in [0.2, 0.25) is 0 Å². The van der Waals surface area contributed by atoms with Crippen molar-refractivity contribution in [3.05, 3.63) is 138 Å². The zero-order valence-electron chi connectivity index (χ0n) is 22.5. The SMILES string of the molecule is CCOC(=O)c1ccc(-n2c(-c3ccccc3)cc(C=C(C#N)C(=O)Nc3ccccc3)c2-c2ccccc2)cc1.